The molecule has 0 fully saturated rings. The third kappa shape index (κ3) is 3.39. The molecule has 3 rings (SSSR count). The quantitative estimate of drug-likeness (QED) is 0.895. The molecule has 1 heterocycles. The highest BCUT2D eigenvalue weighted by Gasteiger charge is 2.36. The Morgan fingerprint density at radius 2 is 1.77 bits per heavy atom. The SMILES string of the molecule is CC(NS(=O)(=O)c1ccc2c(c1)C(C)(C)CC(=O)N2C)c1ccccc1. The van der Waals surface area contributed by atoms with Gasteiger partial charge in [-0.15, -0.1) is 0 Å². The first-order valence-corrected chi connectivity index (χ1v) is 10.1. The van der Waals surface area contributed by atoms with Crippen LogP contribution in [0.25, 0.3) is 0 Å². The molecular formula is C20H24N2O3S. The predicted molar refractivity (Wildman–Crippen MR) is 103 cm³/mol. The average molecular weight is 372 g/mol. The Morgan fingerprint density at radius 1 is 1.12 bits per heavy atom. The molecule has 1 atom stereocenters. The summed E-state index contributed by atoms with van der Waals surface area (Å²) >= 11 is 0. The van der Waals surface area contributed by atoms with Crippen LogP contribution >= 0.6 is 0 Å². The summed E-state index contributed by atoms with van der Waals surface area (Å²) < 4.78 is 28.5. The minimum Gasteiger partial charge on any atom is -0.315 e. The largest absolute Gasteiger partial charge is 0.315 e. The molecule has 138 valence electrons. The van der Waals surface area contributed by atoms with Gasteiger partial charge in [-0.2, -0.15) is 0 Å². The van der Waals surface area contributed by atoms with E-state index in [4.69, 9.17) is 0 Å². The summed E-state index contributed by atoms with van der Waals surface area (Å²) in [6.45, 7) is 5.75. The third-order valence-electron chi connectivity index (χ3n) is 4.97. The van der Waals surface area contributed by atoms with Crippen molar-refractivity contribution in [1.29, 1.82) is 0 Å². The van der Waals surface area contributed by atoms with Crippen molar-refractivity contribution >= 4 is 21.6 Å². The molecule has 1 unspecified atom stereocenters. The van der Waals surface area contributed by atoms with Gasteiger partial charge in [0.2, 0.25) is 15.9 Å². The fraction of sp³-hybridized carbons (Fsp3) is 0.350. The molecule has 0 saturated carbocycles. The Hall–Kier alpha value is -2.18. The summed E-state index contributed by atoms with van der Waals surface area (Å²) in [4.78, 5) is 14.0. The Morgan fingerprint density at radius 3 is 2.42 bits per heavy atom. The van der Waals surface area contributed by atoms with Crippen molar-refractivity contribution in [2.45, 2.75) is 43.5 Å². The van der Waals surface area contributed by atoms with E-state index in [-0.39, 0.29) is 16.8 Å². The van der Waals surface area contributed by atoms with E-state index in [2.05, 4.69) is 4.72 Å². The number of carbonyl (C=O) groups excluding carboxylic acids is 1. The first kappa shape index (κ1) is 18.6. The van der Waals surface area contributed by atoms with Crippen LogP contribution in [0.2, 0.25) is 0 Å². The van der Waals surface area contributed by atoms with Crippen LogP contribution in [0, 0.1) is 0 Å². The van der Waals surface area contributed by atoms with Crippen LogP contribution in [0.5, 0.6) is 0 Å². The average Bonchev–Trinajstić information content (AvgIpc) is 2.59. The van der Waals surface area contributed by atoms with E-state index in [1.54, 1.807) is 30.1 Å². The lowest BCUT2D eigenvalue weighted by atomic mass is 9.77. The Balaban J connectivity index is 1.96. The van der Waals surface area contributed by atoms with Gasteiger partial charge in [-0.3, -0.25) is 4.79 Å². The van der Waals surface area contributed by atoms with E-state index in [9.17, 15) is 13.2 Å². The smallest absolute Gasteiger partial charge is 0.241 e. The lowest BCUT2D eigenvalue weighted by Gasteiger charge is -2.37. The van der Waals surface area contributed by atoms with Gasteiger partial charge < -0.3 is 4.90 Å². The van der Waals surface area contributed by atoms with Crippen LogP contribution in [0.15, 0.2) is 53.4 Å². The van der Waals surface area contributed by atoms with Crippen molar-refractivity contribution in [3.63, 3.8) is 0 Å². The molecule has 1 amide bonds. The molecule has 6 heteroatoms. The fourth-order valence-electron chi connectivity index (χ4n) is 3.35. The van der Waals surface area contributed by atoms with E-state index in [0.29, 0.717) is 6.42 Å². The highest BCUT2D eigenvalue weighted by Crippen LogP contribution is 2.40. The maximum absolute atomic E-state index is 12.9. The van der Waals surface area contributed by atoms with Gasteiger partial charge in [0.25, 0.3) is 0 Å². The molecule has 0 radical (unpaired) electrons. The molecule has 1 N–H and O–H groups in total. The van der Waals surface area contributed by atoms with E-state index < -0.39 is 15.4 Å². The topological polar surface area (TPSA) is 66.5 Å². The monoisotopic (exact) mass is 372 g/mol. The summed E-state index contributed by atoms with van der Waals surface area (Å²) in [7, 11) is -1.95. The summed E-state index contributed by atoms with van der Waals surface area (Å²) in [5, 5.41) is 0. The standard InChI is InChI=1S/C20H24N2O3S/c1-14(15-8-6-5-7-9-15)21-26(24,25)16-10-11-18-17(12-16)20(2,3)13-19(23)22(18)4/h5-12,14,21H,13H2,1-4H3. The van der Waals surface area contributed by atoms with Crippen molar-refractivity contribution in [2.24, 2.45) is 0 Å². The summed E-state index contributed by atoms with van der Waals surface area (Å²) in [6, 6.07) is 14.1. The van der Waals surface area contributed by atoms with Crippen LogP contribution in [-0.2, 0) is 20.2 Å². The van der Waals surface area contributed by atoms with Crippen LogP contribution < -0.4 is 9.62 Å². The summed E-state index contributed by atoms with van der Waals surface area (Å²) in [5.41, 5.74) is 2.13. The van der Waals surface area contributed by atoms with E-state index >= 15 is 0 Å². The van der Waals surface area contributed by atoms with Crippen LogP contribution in [-0.4, -0.2) is 21.4 Å². The maximum atomic E-state index is 12.9. The number of amides is 1. The number of nitrogens with zero attached hydrogens (tertiary/aromatic N) is 1. The molecule has 0 aromatic heterocycles. The molecule has 2 aromatic carbocycles. The van der Waals surface area contributed by atoms with Gasteiger partial charge in [-0.05, 0) is 36.2 Å². The second-order valence-corrected chi connectivity index (χ2v) is 9.16. The molecule has 26 heavy (non-hydrogen) atoms. The molecular weight excluding hydrogens is 348 g/mol. The molecule has 0 bridgehead atoms. The first-order valence-electron chi connectivity index (χ1n) is 8.60. The van der Waals surface area contributed by atoms with E-state index in [1.165, 1.54) is 0 Å². The molecule has 0 spiro atoms. The van der Waals surface area contributed by atoms with E-state index in [0.717, 1.165) is 16.8 Å². The minimum atomic E-state index is -3.68. The number of carbonyl (C=O) groups is 1. The fourth-order valence-corrected chi connectivity index (χ4v) is 4.61. The van der Waals surface area contributed by atoms with Gasteiger partial charge in [0.05, 0.1) is 4.90 Å². The number of sulfonamides is 1. The number of hydrogen-bond donors (Lipinski definition) is 1. The second kappa shape index (κ2) is 6.52. The number of nitrogens with one attached hydrogen (secondary N) is 1. The molecule has 5 nitrogen and oxygen atoms in total. The Kier molecular flexibility index (Phi) is 4.67. The Bertz CT molecular complexity index is 937. The first-order chi connectivity index (χ1) is 12.1. The number of anilines is 1. The van der Waals surface area contributed by atoms with Crippen LogP contribution in [0.3, 0.4) is 0 Å². The van der Waals surface area contributed by atoms with Gasteiger partial charge in [0, 0.05) is 30.6 Å². The molecule has 0 saturated heterocycles. The van der Waals surface area contributed by atoms with Crippen molar-refractivity contribution in [2.75, 3.05) is 11.9 Å². The molecule has 0 aliphatic carbocycles. The second-order valence-electron chi connectivity index (χ2n) is 7.45. The number of fused-ring (bicyclic) bond motifs is 1. The zero-order chi connectivity index (χ0) is 19.1. The Labute approximate surface area is 155 Å². The van der Waals surface area contributed by atoms with Crippen molar-refractivity contribution in [3.05, 3.63) is 59.7 Å². The highest BCUT2D eigenvalue weighted by atomic mass is 32.2. The molecule has 1 aliphatic rings. The zero-order valence-electron chi connectivity index (χ0n) is 15.5. The third-order valence-corrected chi connectivity index (χ3v) is 6.51. The van der Waals surface area contributed by atoms with Crippen molar-refractivity contribution < 1.29 is 13.2 Å². The van der Waals surface area contributed by atoms with Gasteiger partial charge in [0.15, 0.2) is 0 Å². The number of hydrogen-bond acceptors (Lipinski definition) is 3. The van der Waals surface area contributed by atoms with Gasteiger partial charge >= 0.3 is 0 Å². The lowest BCUT2D eigenvalue weighted by molar-refractivity contribution is -0.119. The zero-order valence-corrected chi connectivity index (χ0v) is 16.3. The number of rotatable bonds is 4. The van der Waals surface area contributed by atoms with Crippen LogP contribution in [0.1, 0.15) is 44.4 Å². The summed E-state index contributed by atoms with van der Waals surface area (Å²) in [5.74, 6) is 0.0360. The van der Waals surface area contributed by atoms with Crippen LogP contribution in [0.4, 0.5) is 5.69 Å². The molecule has 1 aliphatic heterocycles. The minimum absolute atomic E-state index is 0.0360. The molecule has 2 aromatic rings. The van der Waals surface area contributed by atoms with Crippen molar-refractivity contribution in [3.8, 4) is 0 Å². The van der Waals surface area contributed by atoms with Gasteiger partial charge in [-0.1, -0.05) is 44.2 Å². The summed E-state index contributed by atoms with van der Waals surface area (Å²) in [6.07, 6.45) is 0.355. The van der Waals surface area contributed by atoms with Gasteiger partial charge in [0.1, 0.15) is 0 Å². The highest BCUT2D eigenvalue weighted by molar-refractivity contribution is 7.89. The van der Waals surface area contributed by atoms with E-state index in [1.807, 2.05) is 51.1 Å². The van der Waals surface area contributed by atoms with Crippen molar-refractivity contribution in [1.82, 2.24) is 4.72 Å². The maximum Gasteiger partial charge on any atom is 0.241 e. The van der Waals surface area contributed by atoms with Gasteiger partial charge in [-0.25, -0.2) is 13.1 Å². The lowest BCUT2D eigenvalue weighted by Crippen LogP contribution is -2.39. The normalized spacial score (nSPS) is 17.7. The number of benzene rings is 2. The predicted octanol–water partition coefficient (Wildman–Crippen LogP) is 3.37.